The van der Waals surface area contributed by atoms with Crippen molar-refractivity contribution in [2.24, 2.45) is 0 Å². The normalized spacial score (nSPS) is 11.6. The van der Waals surface area contributed by atoms with Crippen LogP contribution in [0.15, 0.2) is 42.5 Å². The second kappa shape index (κ2) is 15.5. The minimum atomic E-state index is -0.363. The van der Waals surface area contributed by atoms with Gasteiger partial charge in [0.25, 0.3) is 5.91 Å². The van der Waals surface area contributed by atoms with Gasteiger partial charge in [-0.25, -0.2) is 0 Å². The summed E-state index contributed by atoms with van der Waals surface area (Å²) in [6, 6.07) is 14.7. The van der Waals surface area contributed by atoms with Gasteiger partial charge in [0.2, 0.25) is 0 Å². The van der Waals surface area contributed by atoms with Crippen molar-refractivity contribution in [3.63, 3.8) is 0 Å². The number of amides is 1. The Labute approximate surface area is 198 Å². The van der Waals surface area contributed by atoms with Gasteiger partial charge in [0.05, 0.1) is 18.2 Å². The first kappa shape index (κ1) is 27.7. The summed E-state index contributed by atoms with van der Waals surface area (Å²) in [5.74, 6) is 0.170. The standard InChI is InChI=1S/C23H24N2O4.2C2H6/c1-2-3-12-28-22(26)15-25-11-10-19-13-20(8-9-21(19)23(25)27)29-16-18-6-4-17(14-24)5-7-18;2*1-2/h4-9,13H,2-3,10-12,15-16H2,1H3;2*1-2H3. The van der Waals surface area contributed by atoms with Crippen molar-refractivity contribution in [1.82, 2.24) is 4.90 Å². The fourth-order valence-electron chi connectivity index (χ4n) is 3.13. The zero-order valence-corrected chi connectivity index (χ0v) is 20.5. The van der Waals surface area contributed by atoms with Gasteiger partial charge in [-0.1, -0.05) is 53.2 Å². The summed E-state index contributed by atoms with van der Waals surface area (Å²) in [6.45, 7) is 11.3. The number of hydrogen-bond donors (Lipinski definition) is 0. The lowest BCUT2D eigenvalue weighted by Crippen LogP contribution is -2.41. The minimum absolute atomic E-state index is 0.0149. The van der Waals surface area contributed by atoms with E-state index in [4.69, 9.17) is 14.7 Å². The third-order valence-electron chi connectivity index (χ3n) is 4.81. The predicted molar refractivity (Wildman–Crippen MR) is 130 cm³/mol. The SMILES string of the molecule is CC.CC.CCCCOC(=O)CN1CCc2cc(OCc3ccc(C#N)cc3)ccc2C1=O. The van der Waals surface area contributed by atoms with E-state index in [0.29, 0.717) is 43.1 Å². The van der Waals surface area contributed by atoms with Gasteiger partial charge in [0.15, 0.2) is 0 Å². The second-order valence-electron chi connectivity index (χ2n) is 6.97. The largest absolute Gasteiger partial charge is 0.489 e. The number of benzene rings is 2. The molecule has 0 spiro atoms. The van der Waals surface area contributed by atoms with Crippen LogP contribution >= 0.6 is 0 Å². The highest BCUT2D eigenvalue weighted by atomic mass is 16.5. The highest BCUT2D eigenvalue weighted by molar-refractivity contribution is 5.98. The van der Waals surface area contributed by atoms with Crippen molar-refractivity contribution in [3.8, 4) is 11.8 Å². The second-order valence-corrected chi connectivity index (χ2v) is 6.97. The molecule has 0 bridgehead atoms. The Kier molecular flexibility index (Phi) is 13.0. The Bertz CT molecular complexity index is 917. The Morgan fingerprint density at radius 2 is 1.79 bits per heavy atom. The average Bonchev–Trinajstić information content (AvgIpc) is 2.87. The summed E-state index contributed by atoms with van der Waals surface area (Å²) in [5, 5.41) is 8.85. The maximum atomic E-state index is 12.7. The highest BCUT2D eigenvalue weighted by Gasteiger charge is 2.26. The molecular weight excluding hydrogens is 416 g/mol. The molecule has 3 rings (SSSR count). The Balaban J connectivity index is 0.00000129. The molecule has 1 aliphatic rings. The molecule has 1 aliphatic heterocycles. The number of fused-ring (bicyclic) bond motifs is 1. The molecule has 0 fully saturated rings. The lowest BCUT2D eigenvalue weighted by Gasteiger charge is -2.28. The monoisotopic (exact) mass is 452 g/mol. The van der Waals surface area contributed by atoms with Gasteiger partial charge in [-0.15, -0.1) is 0 Å². The van der Waals surface area contributed by atoms with Gasteiger partial charge in [0, 0.05) is 12.1 Å². The number of nitriles is 1. The molecule has 0 unspecified atom stereocenters. The summed E-state index contributed by atoms with van der Waals surface area (Å²) in [5.41, 5.74) is 3.09. The van der Waals surface area contributed by atoms with Crippen molar-refractivity contribution in [2.75, 3.05) is 19.7 Å². The van der Waals surface area contributed by atoms with Gasteiger partial charge in [-0.2, -0.15) is 5.26 Å². The van der Waals surface area contributed by atoms with Crippen LogP contribution in [-0.4, -0.2) is 36.5 Å². The number of nitrogens with zero attached hydrogens (tertiary/aromatic N) is 2. The van der Waals surface area contributed by atoms with E-state index >= 15 is 0 Å². The van der Waals surface area contributed by atoms with Crippen LogP contribution in [0.2, 0.25) is 0 Å². The van der Waals surface area contributed by atoms with E-state index in [1.807, 2.05) is 52.8 Å². The third-order valence-corrected chi connectivity index (χ3v) is 4.81. The fraction of sp³-hybridized carbons (Fsp3) is 0.444. The molecule has 6 nitrogen and oxygen atoms in total. The Hall–Kier alpha value is -3.33. The molecule has 178 valence electrons. The van der Waals surface area contributed by atoms with E-state index < -0.39 is 0 Å². The number of unbranched alkanes of at least 4 members (excludes halogenated alkanes) is 1. The van der Waals surface area contributed by atoms with Gasteiger partial charge in [-0.05, 0) is 54.3 Å². The first-order valence-corrected chi connectivity index (χ1v) is 11.8. The molecule has 0 aliphatic carbocycles. The van der Waals surface area contributed by atoms with E-state index in [-0.39, 0.29) is 18.4 Å². The zero-order chi connectivity index (χ0) is 24.6. The summed E-state index contributed by atoms with van der Waals surface area (Å²) < 4.78 is 11.0. The Morgan fingerprint density at radius 3 is 2.42 bits per heavy atom. The summed E-state index contributed by atoms with van der Waals surface area (Å²) in [4.78, 5) is 26.1. The molecule has 0 radical (unpaired) electrons. The number of carbonyl (C=O) groups excluding carboxylic acids is 2. The van der Waals surface area contributed by atoms with E-state index in [0.717, 1.165) is 24.0 Å². The smallest absolute Gasteiger partial charge is 0.325 e. The number of esters is 1. The number of rotatable bonds is 8. The molecule has 0 atom stereocenters. The van der Waals surface area contributed by atoms with Crippen molar-refractivity contribution in [2.45, 2.75) is 60.5 Å². The van der Waals surface area contributed by atoms with E-state index in [1.165, 1.54) is 4.90 Å². The van der Waals surface area contributed by atoms with E-state index in [2.05, 4.69) is 6.07 Å². The maximum Gasteiger partial charge on any atom is 0.325 e. The first-order chi connectivity index (χ1) is 16.1. The van der Waals surface area contributed by atoms with Crippen LogP contribution in [0.3, 0.4) is 0 Å². The fourth-order valence-corrected chi connectivity index (χ4v) is 3.13. The molecule has 0 saturated carbocycles. The summed E-state index contributed by atoms with van der Waals surface area (Å²) in [6.07, 6.45) is 2.45. The topological polar surface area (TPSA) is 79.6 Å². The molecular formula is C27H36N2O4. The van der Waals surface area contributed by atoms with Gasteiger partial charge < -0.3 is 14.4 Å². The van der Waals surface area contributed by atoms with Crippen LogP contribution < -0.4 is 4.74 Å². The molecule has 0 aromatic heterocycles. The molecule has 6 heteroatoms. The van der Waals surface area contributed by atoms with Crippen LogP contribution in [0, 0.1) is 11.3 Å². The summed E-state index contributed by atoms with van der Waals surface area (Å²) in [7, 11) is 0. The van der Waals surface area contributed by atoms with E-state index in [1.54, 1.807) is 24.3 Å². The molecule has 1 amide bonds. The quantitative estimate of drug-likeness (QED) is 0.388. The van der Waals surface area contributed by atoms with Crippen molar-refractivity contribution in [3.05, 3.63) is 64.7 Å². The van der Waals surface area contributed by atoms with Crippen LogP contribution in [0.5, 0.6) is 5.75 Å². The molecule has 1 heterocycles. The van der Waals surface area contributed by atoms with Crippen molar-refractivity contribution < 1.29 is 19.1 Å². The zero-order valence-electron chi connectivity index (χ0n) is 20.5. The number of hydrogen-bond acceptors (Lipinski definition) is 5. The summed E-state index contributed by atoms with van der Waals surface area (Å²) >= 11 is 0. The van der Waals surface area contributed by atoms with Crippen LogP contribution in [0.4, 0.5) is 0 Å². The molecule has 33 heavy (non-hydrogen) atoms. The van der Waals surface area contributed by atoms with Crippen molar-refractivity contribution in [1.29, 1.82) is 5.26 Å². The molecule has 2 aromatic rings. The van der Waals surface area contributed by atoms with Gasteiger partial charge in [0.1, 0.15) is 18.9 Å². The third kappa shape index (κ3) is 8.61. The highest BCUT2D eigenvalue weighted by Crippen LogP contribution is 2.24. The number of ether oxygens (including phenoxy) is 2. The Morgan fingerprint density at radius 1 is 1.09 bits per heavy atom. The van der Waals surface area contributed by atoms with Crippen LogP contribution in [-0.2, 0) is 22.6 Å². The van der Waals surface area contributed by atoms with Gasteiger partial charge in [-0.3, -0.25) is 9.59 Å². The average molecular weight is 453 g/mol. The van der Waals surface area contributed by atoms with Crippen molar-refractivity contribution >= 4 is 11.9 Å². The molecule has 0 saturated heterocycles. The first-order valence-electron chi connectivity index (χ1n) is 11.8. The van der Waals surface area contributed by atoms with E-state index in [9.17, 15) is 9.59 Å². The maximum absolute atomic E-state index is 12.7. The van der Waals surface area contributed by atoms with Crippen LogP contribution in [0.1, 0.15) is 74.5 Å². The molecule has 0 N–H and O–H groups in total. The lowest BCUT2D eigenvalue weighted by atomic mass is 9.98. The number of carbonyl (C=O) groups is 2. The minimum Gasteiger partial charge on any atom is -0.489 e. The molecule has 2 aromatic carbocycles. The lowest BCUT2D eigenvalue weighted by molar-refractivity contribution is -0.144. The van der Waals surface area contributed by atoms with Crippen LogP contribution in [0.25, 0.3) is 0 Å². The van der Waals surface area contributed by atoms with Gasteiger partial charge >= 0.3 is 5.97 Å². The predicted octanol–water partition coefficient (Wildman–Crippen LogP) is 5.53.